The zero-order valence-corrected chi connectivity index (χ0v) is 29.3. The number of benzene rings is 1. The number of aliphatic hydroxyl groups is 2. The van der Waals surface area contributed by atoms with Crippen molar-refractivity contribution in [3.63, 3.8) is 0 Å². The van der Waals surface area contributed by atoms with Crippen LogP contribution in [0.1, 0.15) is 123 Å². The summed E-state index contributed by atoms with van der Waals surface area (Å²) in [6.45, 7) is 9.72. The van der Waals surface area contributed by atoms with Gasteiger partial charge in [0.2, 0.25) is 0 Å². The van der Waals surface area contributed by atoms with Crippen LogP contribution in [0.15, 0.2) is 54.1 Å². The summed E-state index contributed by atoms with van der Waals surface area (Å²) in [6.07, 6.45) is 18.9. The number of ketones is 1. The third kappa shape index (κ3) is 4.85. The Morgan fingerprint density at radius 3 is 2.34 bits per heavy atom. The third-order valence-corrected chi connectivity index (χ3v) is 14.8. The van der Waals surface area contributed by atoms with Crippen LogP contribution in [0.3, 0.4) is 0 Å². The highest BCUT2D eigenvalue weighted by atomic mass is 16.3. The number of urea groups is 1. The monoisotopic (exact) mass is 642 g/mol. The van der Waals surface area contributed by atoms with Crippen molar-refractivity contribution < 1.29 is 19.8 Å². The number of Topliss-reactive ketones (excluding diaryl/α,β-unsaturated/α-hetero) is 1. The van der Waals surface area contributed by atoms with E-state index in [1.54, 1.807) is 0 Å². The summed E-state index contributed by atoms with van der Waals surface area (Å²) < 4.78 is 0. The summed E-state index contributed by atoms with van der Waals surface area (Å²) >= 11 is 0. The molecular weight excluding hydrogens is 584 g/mol. The molecule has 0 heterocycles. The summed E-state index contributed by atoms with van der Waals surface area (Å²) in [5.74, 6) is 0.854. The second-order valence-corrected chi connectivity index (χ2v) is 17.0. The Morgan fingerprint density at radius 2 is 1.62 bits per heavy atom. The van der Waals surface area contributed by atoms with Crippen molar-refractivity contribution >= 4 is 11.8 Å². The fourth-order valence-electron chi connectivity index (χ4n) is 12.1. The Labute approximate surface area is 282 Å². The smallest absolute Gasteiger partial charge is 0.317 e. The molecule has 0 saturated heterocycles. The number of carbonyl (C=O) groups excluding carboxylic acids is 2. The number of rotatable bonds is 8. The maximum absolute atomic E-state index is 14.8. The van der Waals surface area contributed by atoms with Crippen LogP contribution in [0.4, 0.5) is 4.79 Å². The molecule has 8 rings (SSSR count). The van der Waals surface area contributed by atoms with E-state index >= 15 is 0 Å². The zero-order valence-electron chi connectivity index (χ0n) is 29.3. The molecule has 1 unspecified atom stereocenters. The lowest BCUT2D eigenvalue weighted by atomic mass is 9.32. The molecule has 7 aliphatic carbocycles. The highest BCUT2D eigenvalue weighted by Crippen LogP contribution is 2.78. The van der Waals surface area contributed by atoms with E-state index in [2.05, 4.69) is 44.3 Å². The normalized spacial score (nSPS) is 41.3. The quantitative estimate of drug-likeness (QED) is 0.252. The predicted octanol–water partition coefficient (Wildman–Crippen LogP) is 7.91. The van der Waals surface area contributed by atoms with Crippen molar-refractivity contribution in [1.29, 1.82) is 0 Å². The van der Waals surface area contributed by atoms with Gasteiger partial charge in [-0.1, -0.05) is 88.6 Å². The van der Waals surface area contributed by atoms with Crippen molar-refractivity contribution in [2.24, 2.45) is 39.4 Å². The lowest BCUT2D eigenvalue weighted by Crippen LogP contribution is -2.67. The molecule has 47 heavy (non-hydrogen) atoms. The zero-order chi connectivity index (χ0) is 33.2. The first-order valence-corrected chi connectivity index (χ1v) is 18.9. The van der Waals surface area contributed by atoms with Crippen LogP contribution in [0.25, 0.3) is 0 Å². The molecule has 0 aromatic heterocycles. The summed E-state index contributed by atoms with van der Waals surface area (Å²) in [4.78, 5) is 30.5. The van der Waals surface area contributed by atoms with E-state index in [9.17, 15) is 19.8 Å². The largest absolute Gasteiger partial charge is 0.393 e. The molecule has 6 heteroatoms. The topological polar surface area (TPSA) is 89.9 Å². The van der Waals surface area contributed by atoms with Crippen molar-refractivity contribution in [1.82, 2.24) is 10.2 Å². The van der Waals surface area contributed by atoms with E-state index in [0.29, 0.717) is 37.6 Å². The lowest BCUT2D eigenvalue weighted by Gasteiger charge is -2.71. The third-order valence-electron chi connectivity index (χ3n) is 14.8. The SMILES string of the molecule is CCCN(C[C@]1(O)CC[C@H]2[C@]34C=C[C@@]5(C=C3C(=O)C3CCCCC3)CC(O)CC[C@]5(C)[C@H]4CC[C@@]21C)C(=O)N[C@H](C)c1ccccc1. The first-order chi connectivity index (χ1) is 22.4. The van der Waals surface area contributed by atoms with Crippen LogP contribution < -0.4 is 5.32 Å². The molecule has 0 aliphatic heterocycles. The van der Waals surface area contributed by atoms with Gasteiger partial charge in [0, 0.05) is 34.3 Å². The summed E-state index contributed by atoms with van der Waals surface area (Å²) in [6, 6.07) is 9.77. The fourth-order valence-corrected chi connectivity index (χ4v) is 12.1. The highest BCUT2D eigenvalue weighted by molar-refractivity contribution is 6.00. The summed E-state index contributed by atoms with van der Waals surface area (Å²) in [7, 11) is 0. The van der Waals surface area contributed by atoms with Gasteiger partial charge in [0.25, 0.3) is 0 Å². The number of allylic oxidation sites excluding steroid dienone is 4. The second-order valence-electron chi connectivity index (χ2n) is 17.0. The molecule has 9 atom stereocenters. The number of hydrogen-bond donors (Lipinski definition) is 3. The molecule has 256 valence electrons. The van der Waals surface area contributed by atoms with Crippen LogP contribution >= 0.6 is 0 Å². The summed E-state index contributed by atoms with van der Waals surface area (Å²) in [5.41, 5.74) is -0.148. The van der Waals surface area contributed by atoms with Crippen LogP contribution in [-0.2, 0) is 4.79 Å². The van der Waals surface area contributed by atoms with Gasteiger partial charge in [-0.2, -0.15) is 0 Å². The number of carbonyl (C=O) groups is 2. The Hall–Kier alpha value is -2.44. The molecule has 4 fully saturated rings. The Morgan fingerprint density at radius 1 is 0.936 bits per heavy atom. The number of aliphatic hydroxyl groups excluding tert-OH is 1. The van der Waals surface area contributed by atoms with Gasteiger partial charge in [-0.05, 0) is 93.9 Å². The van der Waals surface area contributed by atoms with E-state index in [1.807, 2.05) is 42.2 Å². The van der Waals surface area contributed by atoms with E-state index in [1.165, 1.54) is 6.42 Å². The van der Waals surface area contributed by atoms with Gasteiger partial charge in [0.05, 0.1) is 24.3 Å². The van der Waals surface area contributed by atoms with Crippen molar-refractivity contribution in [3.8, 4) is 0 Å². The molecule has 2 bridgehead atoms. The van der Waals surface area contributed by atoms with Crippen molar-refractivity contribution in [2.45, 2.75) is 129 Å². The Bertz CT molecular complexity index is 1430. The first kappa shape index (κ1) is 33.1. The minimum atomic E-state index is -1.05. The van der Waals surface area contributed by atoms with E-state index in [0.717, 1.165) is 75.3 Å². The molecule has 7 aliphatic rings. The average Bonchev–Trinajstić information content (AvgIpc) is 3.34. The Kier molecular flexibility index (Phi) is 8.35. The molecule has 0 radical (unpaired) electrons. The molecule has 1 aromatic rings. The van der Waals surface area contributed by atoms with Crippen LogP contribution in [0, 0.1) is 39.4 Å². The number of nitrogens with one attached hydrogen (secondary N) is 1. The van der Waals surface area contributed by atoms with E-state index in [4.69, 9.17) is 0 Å². The van der Waals surface area contributed by atoms with Gasteiger partial charge in [0.1, 0.15) is 0 Å². The van der Waals surface area contributed by atoms with Crippen LogP contribution in [0.5, 0.6) is 0 Å². The minimum absolute atomic E-state index is 0.0267. The van der Waals surface area contributed by atoms with Gasteiger partial charge in [-0.15, -0.1) is 0 Å². The first-order valence-electron chi connectivity index (χ1n) is 18.9. The predicted molar refractivity (Wildman–Crippen MR) is 185 cm³/mol. The van der Waals surface area contributed by atoms with Crippen LogP contribution in [0.2, 0.25) is 0 Å². The molecule has 2 spiro atoms. The molecule has 3 N–H and O–H groups in total. The molecular formula is C41H58N2O4. The second kappa shape index (κ2) is 11.9. The number of amides is 2. The molecule has 6 nitrogen and oxygen atoms in total. The number of hydrogen-bond acceptors (Lipinski definition) is 4. The Balaban J connectivity index is 1.23. The highest BCUT2D eigenvalue weighted by Gasteiger charge is 2.74. The van der Waals surface area contributed by atoms with Gasteiger partial charge in [-0.3, -0.25) is 4.79 Å². The molecule has 4 saturated carbocycles. The maximum Gasteiger partial charge on any atom is 0.317 e. The van der Waals surface area contributed by atoms with Gasteiger partial charge < -0.3 is 20.4 Å². The standard InChI is InChI=1S/C41H58N2O4/c1-5-24-43(36(46)42-28(2)29-12-8-6-9-13-29)27-40(47)21-18-34-38(40,4)20-17-33-37(3)19-16-31(44)25-39(37)22-23-41(33,34)32(26-39)35(45)30-14-10-7-11-15-30/h6,8-9,12-13,22-23,26,28,30-31,33-34,44,47H,5,7,10-11,14-21,24-25,27H2,1-4H3,(H,42,46)/t28-,31?,33-,34-,37-,38+,39+,40-,41-/m1/s1. The van der Waals surface area contributed by atoms with Crippen molar-refractivity contribution in [2.75, 3.05) is 13.1 Å². The van der Waals surface area contributed by atoms with Crippen LogP contribution in [-0.4, -0.2) is 51.7 Å². The van der Waals surface area contributed by atoms with E-state index in [-0.39, 0.29) is 40.8 Å². The fraction of sp³-hybridized carbons (Fsp3) is 0.707. The number of nitrogens with zero attached hydrogens (tertiary/aromatic N) is 1. The number of fused-ring (bicyclic) bond motifs is 1. The molecule has 1 aromatic carbocycles. The van der Waals surface area contributed by atoms with Gasteiger partial charge in [-0.25, -0.2) is 4.79 Å². The van der Waals surface area contributed by atoms with Crippen molar-refractivity contribution in [3.05, 3.63) is 59.7 Å². The summed E-state index contributed by atoms with van der Waals surface area (Å²) in [5, 5.41) is 27.1. The van der Waals surface area contributed by atoms with Gasteiger partial charge in [0.15, 0.2) is 5.78 Å². The maximum atomic E-state index is 14.8. The molecule has 2 amide bonds. The van der Waals surface area contributed by atoms with Gasteiger partial charge >= 0.3 is 6.03 Å². The average molecular weight is 643 g/mol. The lowest BCUT2D eigenvalue weighted by molar-refractivity contribution is -0.178. The minimum Gasteiger partial charge on any atom is -0.393 e. The van der Waals surface area contributed by atoms with E-state index < -0.39 is 16.4 Å².